The fourth-order valence-corrected chi connectivity index (χ4v) is 2.21. The quantitative estimate of drug-likeness (QED) is 0.926. The lowest BCUT2D eigenvalue weighted by Crippen LogP contribution is -2.14. The summed E-state index contributed by atoms with van der Waals surface area (Å²) in [5.41, 5.74) is 1.42. The van der Waals surface area contributed by atoms with Crippen molar-refractivity contribution in [2.75, 3.05) is 5.32 Å². The molecular formula is C12H11ClN2OS. The lowest BCUT2D eigenvalue weighted by atomic mass is 10.3. The van der Waals surface area contributed by atoms with E-state index in [1.165, 1.54) is 11.3 Å². The topological polar surface area (TPSA) is 42.0 Å². The van der Waals surface area contributed by atoms with Gasteiger partial charge in [-0.2, -0.15) is 0 Å². The molecule has 3 nitrogen and oxygen atoms in total. The van der Waals surface area contributed by atoms with Crippen molar-refractivity contribution in [2.45, 2.75) is 13.3 Å². The summed E-state index contributed by atoms with van der Waals surface area (Å²) in [4.78, 5) is 16.0. The maximum atomic E-state index is 11.7. The Kier molecular flexibility index (Phi) is 3.76. The lowest BCUT2D eigenvalue weighted by Gasteiger charge is -2.05. The van der Waals surface area contributed by atoms with E-state index in [-0.39, 0.29) is 12.3 Å². The molecule has 0 radical (unpaired) electrons. The Labute approximate surface area is 108 Å². The molecule has 0 saturated heterocycles. The van der Waals surface area contributed by atoms with Crippen molar-refractivity contribution in [3.63, 3.8) is 0 Å². The van der Waals surface area contributed by atoms with Crippen molar-refractivity contribution < 1.29 is 4.79 Å². The molecule has 5 heteroatoms. The predicted molar refractivity (Wildman–Crippen MR) is 70.6 cm³/mol. The molecule has 0 aliphatic carbocycles. The molecule has 0 fully saturated rings. The van der Waals surface area contributed by atoms with Crippen LogP contribution in [0.25, 0.3) is 0 Å². The first-order valence-electron chi connectivity index (χ1n) is 5.10. The minimum Gasteiger partial charge on any atom is -0.324 e. The smallest absolute Gasteiger partial charge is 0.230 e. The summed E-state index contributed by atoms with van der Waals surface area (Å²) in [5, 5.41) is 6.15. The van der Waals surface area contributed by atoms with Crippen molar-refractivity contribution in [3.05, 3.63) is 45.4 Å². The number of rotatable bonds is 3. The first-order valence-corrected chi connectivity index (χ1v) is 6.36. The van der Waals surface area contributed by atoms with E-state index in [1.54, 1.807) is 12.1 Å². The largest absolute Gasteiger partial charge is 0.324 e. The van der Waals surface area contributed by atoms with E-state index in [1.807, 2.05) is 24.4 Å². The molecular weight excluding hydrogens is 256 g/mol. The summed E-state index contributed by atoms with van der Waals surface area (Å²) in [5.74, 6) is -0.108. The minimum atomic E-state index is -0.108. The van der Waals surface area contributed by atoms with E-state index in [9.17, 15) is 4.79 Å². The Morgan fingerprint density at radius 3 is 2.88 bits per heavy atom. The number of halogens is 1. The van der Waals surface area contributed by atoms with Crippen LogP contribution in [0.3, 0.4) is 0 Å². The number of hydrogen-bond acceptors (Lipinski definition) is 3. The number of carbonyl (C=O) groups is 1. The second-order valence-corrected chi connectivity index (χ2v) is 5.03. The molecule has 1 N–H and O–H groups in total. The molecule has 1 amide bonds. The predicted octanol–water partition coefficient (Wildman–Crippen LogP) is 3.29. The van der Waals surface area contributed by atoms with E-state index in [2.05, 4.69) is 10.3 Å². The standard InChI is InChI=1S/C12H11ClN2OS/c1-8-14-9(7-17-8)6-12(16)15-11-5-3-2-4-10(11)13/h2-5,7H,6H2,1H3,(H,15,16). The minimum absolute atomic E-state index is 0.108. The maximum Gasteiger partial charge on any atom is 0.230 e. The normalized spacial score (nSPS) is 10.2. The van der Waals surface area contributed by atoms with Crippen molar-refractivity contribution in [3.8, 4) is 0 Å². The van der Waals surface area contributed by atoms with Crippen LogP contribution < -0.4 is 5.32 Å². The van der Waals surface area contributed by atoms with Crippen LogP contribution in [0.15, 0.2) is 29.6 Å². The third-order valence-electron chi connectivity index (χ3n) is 2.16. The zero-order valence-corrected chi connectivity index (χ0v) is 10.8. The van der Waals surface area contributed by atoms with E-state index in [0.717, 1.165) is 10.7 Å². The van der Waals surface area contributed by atoms with Crippen LogP contribution >= 0.6 is 22.9 Å². The Bertz CT molecular complexity index is 539. The average Bonchev–Trinajstić information content (AvgIpc) is 2.67. The number of carbonyl (C=O) groups excluding carboxylic acids is 1. The maximum absolute atomic E-state index is 11.7. The van der Waals surface area contributed by atoms with Crippen molar-refractivity contribution in [2.24, 2.45) is 0 Å². The number of hydrogen-bond donors (Lipinski definition) is 1. The summed E-state index contributed by atoms with van der Waals surface area (Å²) >= 11 is 7.49. The van der Waals surface area contributed by atoms with Crippen molar-refractivity contribution >= 4 is 34.5 Å². The van der Waals surface area contributed by atoms with Crippen molar-refractivity contribution in [1.29, 1.82) is 0 Å². The highest BCUT2D eigenvalue weighted by molar-refractivity contribution is 7.09. The van der Waals surface area contributed by atoms with Gasteiger partial charge < -0.3 is 5.32 Å². The molecule has 0 bridgehead atoms. The Morgan fingerprint density at radius 2 is 2.24 bits per heavy atom. The average molecular weight is 267 g/mol. The van der Waals surface area contributed by atoms with Gasteiger partial charge in [0.1, 0.15) is 0 Å². The van der Waals surface area contributed by atoms with Gasteiger partial charge in [-0.3, -0.25) is 4.79 Å². The molecule has 0 saturated carbocycles. The molecule has 0 unspecified atom stereocenters. The third kappa shape index (κ3) is 3.28. The number of anilines is 1. The Morgan fingerprint density at radius 1 is 1.47 bits per heavy atom. The fourth-order valence-electron chi connectivity index (χ4n) is 1.41. The fraction of sp³-hybridized carbons (Fsp3) is 0.167. The summed E-state index contributed by atoms with van der Waals surface area (Å²) in [7, 11) is 0. The monoisotopic (exact) mass is 266 g/mol. The zero-order chi connectivity index (χ0) is 12.3. The molecule has 2 rings (SSSR count). The number of benzene rings is 1. The van der Waals surface area contributed by atoms with Gasteiger partial charge in [0.25, 0.3) is 0 Å². The van der Waals surface area contributed by atoms with E-state index in [4.69, 9.17) is 11.6 Å². The van der Waals surface area contributed by atoms with E-state index >= 15 is 0 Å². The van der Waals surface area contributed by atoms with Gasteiger partial charge in [0.05, 0.1) is 27.8 Å². The van der Waals surface area contributed by atoms with Gasteiger partial charge in [-0.1, -0.05) is 23.7 Å². The van der Waals surface area contributed by atoms with Gasteiger partial charge in [-0.15, -0.1) is 11.3 Å². The molecule has 0 aliphatic rings. The Hall–Kier alpha value is -1.39. The second-order valence-electron chi connectivity index (χ2n) is 3.56. The zero-order valence-electron chi connectivity index (χ0n) is 9.24. The van der Waals surface area contributed by atoms with E-state index < -0.39 is 0 Å². The molecule has 17 heavy (non-hydrogen) atoms. The highest BCUT2D eigenvalue weighted by Crippen LogP contribution is 2.20. The molecule has 1 heterocycles. The number of amides is 1. The van der Waals surface area contributed by atoms with Gasteiger partial charge in [0.2, 0.25) is 5.91 Å². The molecule has 0 aliphatic heterocycles. The molecule has 0 atom stereocenters. The summed E-state index contributed by atoms with van der Waals surface area (Å²) < 4.78 is 0. The summed E-state index contributed by atoms with van der Waals surface area (Å²) in [6.45, 7) is 1.92. The van der Waals surface area contributed by atoms with Crippen LogP contribution in [0.4, 0.5) is 5.69 Å². The number of nitrogens with one attached hydrogen (secondary N) is 1. The van der Waals surface area contributed by atoms with Gasteiger partial charge in [-0.25, -0.2) is 4.98 Å². The third-order valence-corrected chi connectivity index (χ3v) is 3.31. The van der Waals surface area contributed by atoms with Crippen LogP contribution in [0.2, 0.25) is 5.02 Å². The second kappa shape index (κ2) is 5.29. The van der Waals surface area contributed by atoms with Crippen LogP contribution in [-0.2, 0) is 11.2 Å². The van der Waals surface area contributed by atoms with Crippen LogP contribution in [0.1, 0.15) is 10.7 Å². The first kappa shape index (κ1) is 12.1. The van der Waals surface area contributed by atoms with Gasteiger partial charge in [0, 0.05) is 5.38 Å². The molecule has 0 spiro atoms. The van der Waals surface area contributed by atoms with Gasteiger partial charge in [-0.05, 0) is 19.1 Å². The Balaban J connectivity index is 2.01. The molecule has 2 aromatic rings. The van der Waals surface area contributed by atoms with Crippen LogP contribution in [0, 0.1) is 6.92 Å². The molecule has 1 aromatic heterocycles. The number of para-hydroxylation sites is 1. The number of aryl methyl sites for hydroxylation is 1. The highest BCUT2D eigenvalue weighted by atomic mass is 35.5. The van der Waals surface area contributed by atoms with Gasteiger partial charge >= 0.3 is 0 Å². The lowest BCUT2D eigenvalue weighted by molar-refractivity contribution is -0.115. The summed E-state index contributed by atoms with van der Waals surface area (Å²) in [6.07, 6.45) is 0.273. The van der Waals surface area contributed by atoms with E-state index in [0.29, 0.717) is 10.7 Å². The van der Waals surface area contributed by atoms with Crippen LogP contribution in [0.5, 0.6) is 0 Å². The first-order chi connectivity index (χ1) is 8.15. The van der Waals surface area contributed by atoms with Crippen molar-refractivity contribution in [1.82, 2.24) is 4.98 Å². The van der Waals surface area contributed by atoms with Gasteiger partial charge in [0.15, 0.2) is 0 Å². The van der Waals surface area contributed by atoms with Crippen LogP contribution in [-0.4, -0.2) is 10.9 Å². The molecule has 88 valence electrons. The molecule has 1 aromatic carbocycles. The number of thiazole rings is 1. The highest BCUT2D eigenvalue weighted by Gasteiger charge is 2.08. The number of nitrogens with zero attached hydrogens (tertiary/aromatic N) is 1. The summed E-state index contributed by atoms with van der Waals surface area (Å²) in [6, 6.07) is 7.16. The SMILES string of the molecule is Cc1nc(CC(=O)Nc2ccccc2Cl)cs1. The number of aromatic nitrogens is 1.